The summed E-state index contributed by atoms with van der Waals surface area (Å²) in [5.74, 6) is -0.402. The van der Waals surface area contributed by atoms with Gasteiger partial charge in [0.25, 0.3) is 5.91 Å². The van der Waals surface area contributed by atoms with Crippen molar-refractivity contribution in [1.82, 2.24) is 15.5 Å². The van der Waals surface area contributed by atoms with Gasteiger partial charge in [-0.05, 0) is 25.0 Å². The maximum atomic E-state index is 14.0. The Labute approximate surface area is 138 Å². The quantitative estimate of drug-likeness (QED) is 0.900. The Hall–Kier alpha value is -2.48. The number of hydrogen-bond acceptors (Lipinski definition) is 6. The fourth-order valence-electron chi connectivity index (χ4n) is 2.53. The number of carbonyl (C=O) groups is 1. The predicted octanol–water partition coefficient (Wildman–Crippen LogP) is 2.04. The second-order valence-corrected chi connectivity index (χ2v) is 5.45. The summed E-state index contributed by atoms with van der Waals surface area (Å²) >= 11 is 0. The fourth-order valence-corrected chi connectivity index (χ4v) is 2.53. The van der Waals surface area contributed by atoms with Crippen molar-refractivity contribution in [3.8, 4) is 5.75 Å². The molecular formula is C16H18FN3O4. The van der Waals surface area contributed by atoms with E-state index in [1.165, 1.54) is 19.2 Å². The number of rotatable bonds is 5. The minimum Gasteiger partial charge on any atom is -0.494 e. The fraction of sp³-hybridized carbons (Fsp3) is 0.438. The summed E-state index contributed by atoms with van der Waals surface area (Å²) in [6.45, 7) is 1.33. The highest BCUT2D eigenvalue weighted by atomic mass is 19.1. The molecule has 1 atom stereocenters. The molecule has 0 spiro atoms. The van der Waals surface area contributed by atoms with Crippen molar-refractivity contribution >= 4 is 5.91 Å². The van der Waals surface area contributed by atoms with Gasteiger partial charge in [0.2, 0.25) is 11.8 Å². The van der Waals surface area contributed by atoms with Gasteiger partial charge in [-0.15, -0.1) is 10.2 Å². The van der Waals surface area contributed by atoms with E-state index in [0.717, 1.165) is 19.4 Å². The first-order chi connectivity index (χ1) is 11.7. The summed E-state index contributed by atoms with van der Waals surface area (Å²) in [6, 6.07) is 4.37. The summed E-state index contributed by atoms with van der Waals surface area (Å²) in [5.41, 5.74) is -0.102. The molecule has 1 aliphatic heterocycles. The predicted molar refractivity (Wildman–Crippen MR) is 81.2 cm³/mol. The maximum Gasteiger partial charge on any atom is 0.254 e. The molecule has 1 saturated heterocycles. The first-order valence-electron chi connectivity index (χ1n) is 7.69. The van der Waals surface area contributed by atoms with Crippen LogP contribution in [0.15, 0.2) is 22.6 Å². The lowest BCUT2D eigenvalue weighted by molar-refractivity contribution is 0.0720. The number of ether oxygens (including phenoxy) is 2. The lowest BCUT2D eigenvalue weighted by atomic mass is 10.0. The number of nitrogens with one attached hydrogen (secondary N) is 1. The number of halogens is 1. The Morgan fingerprint density at radius 3 is 3.08 bits per heavy atom. The molecule has 0 aliphatic carbocycles. The number of nitrogens with zero attached hydrogens (tertiary/aromatic N) is 2. The minimum atomic E-state index is -0.705. The van der Waals surface area contributed by atoms with Gasteiger partial charge in [0, 0.05) is 6.61 Å². The van der Waals surface area contributed by atoms with Crippen LogP contribution >= 0.6 is 0 Å². The Bertz CT molecular complexity index is 713. The smallest absolute Gasteiger partial charge is 0.254 e. The molecule has 1 N–H and O–H groups in total. The highest BCUT2D eigenvalue weighted by molar-refractivity contribution is 5.94. The Kier molecular flexibility index (Phi) is 5.05. The van der Waals surface area contributed by atoms with Crippen LogP contribution in [0.3, 0.4) is 0 Å². The molecule has 1 aliphatic rings. The van der Waals surface area contributed by atoms with E-state index in [0.29, 0.717) is 12.5 Å². The van der Waals surface area contributed by atoms with E-state index in [-0.39, 0.29) is 29.7 Å². The van der Waals surface area contributed by atoms with Gasteiger partial charge < -0.3 is 19.2 Å². The molecule has 1 aromatic heterocycles. The van der Waals surface area contributed by atoms with Crippen molar-refractivity contribution in [1.29, 1.82) is 0 Å². The van der Waals surface area contributed by atoms with E-state index < -0.39 is 11.7 Å². The molecule has 24 heavy (non-hydrogen) atoms. The van der Waals surface area contributed by atoms with E-state index in [1.807, 2.05) is 0 Å². The van der Waals surface area contributed by atoms with Gasteiger partial charge in [0.05, 0.1) is 31.7 Å². The average Bonchev–Trinajstić information content (AvgIpc) is 3.10. The third-order valence-corrected chi connectivity index (χ3v) is 3.82. The van der Waals surface area contributed by atoms with E-state index >= 15 is 0 Å². The van der Waals surface area contributed by atoms with Crippen molar-refractivity contribution in [3.63, 3.8) is 0 Å². The molecule has 7 nitrogen and oxygen atoms in total. The molecule has 1 fully saturated rings. The van der Waals surface area contributed by atoms with Crippen LogP contribution in [0.1, 0.15) is 40.9 Å². The number of benzene rings is 1. The number of methoxy groups -OCH3 is 1. The number of aromatic nitrogens is 2. The number of carbonyl (C=O) groups excluding carboxylic acids is 1. The molecule has 2 aromatic rings. The van der Waals surface area contributed by atoms with E-state index in [4.69, 9.17) is 13.9 Å². The summed E-state index contributed by atoms with van der Waals surface area (Å²) in [6.07, 6.45) is 1.89. The van der Waals surface area contributed by atoms with Gasteiger partial charge in [-0.3, -0.25) is 4.79 Å². The molecule has 1 amide bonds. The molecule has 1 unspecified atom stereocenters. The second-order valence-electron chi connectivity index (χ2n) is 5.45. The van der Waals surface area contributed by atoms with Crippen molar-refractivity contribution in [3.05, 3.63) is 41.4 Å². The molecule has 0 bridgehead atoms. The van der Waals surface area contributed by atoms with Crippen LogP contribution in [0.4, 0.5) is 4.39 Å². The van der Waals surface area contributed by atoms with Gasteiger partial charge in [-0.2, -0.15) is 0 Å². The first kappa shape index (κ1) is 16.4. The minimum absolute atomic E-state index is 0.0139. The summed E-state index contributed by atoms with van der Waals surface area (Å²) in [7, 11) is 1.34. The van der Waals surface area contributed by atoms with Crippen LogP contribution in [0, 0.1) is 5.82 Å². The van der Waals surface area contributed by atoms with Crippen molar-refractivity contribution in [2.75, 3.05) is 20.3 Å². The van der Waals surface area contributed by atoms with Gasteiger partial charge in [0.15, 0.2) is 11.6 Å². The van der Waals surface area contributed by atoms with E-state index in [9.17, 15) is 9.18 Å². The Balaban J connectivity index is 1.61. The third kappa shape index (κ3) is 3.53. The highest BCUT2D eigenvalue weighted by Gasteiger charge is 2.22. The van der Waals surface area contributed by atoms with Gasteiger partial charge in [-0.1, -0.05) is 6.07 Å². The van der Waals surface area contributed by atoms with Crippen LogP contribution in [-0.2, 0) is 11.3 Å². The van der Waals surface area contributed by atoms with Crippen LogP contribution in [-0.4, -0.2) is 36.4 Å². The molecule has 3 rings (SSSR count). The zero-order valence-electron chi connectivity index (χ0n) is 13.3. The molecule has 8 heteroatoms. The first-order valence-corrected chi connectivity index (χ1v) is 7.69. The Morgan fingerprint density at radius 1 is 1.46 bits per heavy atom. The molecule has 128 valence electrons. The molecular weight excluding hydrogens is 317 g/mol. The van der Waals surface area contributed by atoms with Gasteiger partial charge in [0.1, 0.15) is 0 Å². The van der Waals surface area contributed by atoms with E-state index in [2.05, 4.69) is 15.5 Å². The molecule has 0 radical (unpaired) electrons. The zero-order valence-corrected chi connectivity index (χ0v) is 13.3. The standard InChI is InChI=1S/C16H18FN3O4/c1-22-12-6-2-5-11(14(12)17)15(21)18-8-13-19-20-16(24-13)10-4-3-7-23-9-10/h2,5-6,10H,3-4,7-9H2,1H3,(H,18,21). The number of amides is 1. The largest absolute Gasteiger partial charge is 0.494 e. The summed E-state index contributed by atoms with van der Waals surface area (Å²) < 4.78 is 29.8. The SMILES string of the molecule is COc1cccc(C(=O)NCc2nnc(C3CCCOC3)o2)c1F. The average molecular weight is 335 g/mol. The second kappa shape index (κ2) is 7.39. The molecule has 0 saturated carbocycles. The topological polar surface area (TPSA) is 86.5 Å². The third-order valence-electron chi connectivity index (χ3n) is 3.82. The van der Waals surface area contributed by atoms with Crippen LogP contribution < -0.4 is 10.1 Å². The van der Waals surface area contributed by atoms with Gasteiger partial charge in [-0.25, -0.2) is 4.39 Å². The van der Waals surface area contributed by atoms with Crippen LogP contribution in [0.5, 0.6) is 5.75 Å². The Morgan fingerprint density at radius 2 is 2.33 bits per heavy atom. The maximum absolute atomic E-state index is 14.0. The summed E-state index contributed by atoms with van der Waals surface area (Å²) in [5, 5.41) is 10.5. The molecule has 2 heterocycles. The number of hydrogen-bond donors (Lipinski definition) is 1. The highest BCUT2D eigenvalue weighted by Crippen LogP contribution is 2.24. The van der Waals surface area contributed by atoms with Crippen LogP contribution in [0.25, 0.3) is 0 Å². The zero-order chi connectivity index (χ0) is 16.9. The van der Waals surface area contributed by atoms with Crippen molar-refractivity contribution in [2.24, 2.45) is 0 Å². The van der Waals surface area contributed by atoms with Crippen molar-refractivity contribution < 1.29 is 23.1 Å². The lowest BCUT2D eigenvalue weighted by Gasteiger charge is -2.18. The normalized spacial score (nSPS) is 17.5. The summed E-state index contributed by atoms with van der Waals surface area (Å²) in [4.78, 5) is 12.1. The molecule has 1 aromatic carbocycles. The van der Waals surface area contributed by atoms with E-state index in [1.54, 1.807) is 6.07 Å². The van der Waals surface area contributed by atoms with Crippen molar-refractivity contribution in [2.45, 2.75) is 25.3 Å². The van der Waals surface area contributed by atoms with Crippen LogP contribution in [0.2, 0.25) is 0 Å². The lowest BCUT2D eigenvalue weighted by Crippen LogP contribution is -2.24. The van der Waals surface area contributed by atoms with Gasteiger partial charge >= 0.3 is 0 Å². The monoisotopic (exact) mass is 335 g/mol.